The van der Waals surface area contributed by atoms with Crippen LogP contribution >= 0.6 is 22.7 Å². The summed E-state index contributed by atoms with van der Waals surface area (Å²) in [4.78, 5) is 31.0. The van der Waals surface area contributed by atoms with Crippen molar-refractivity contribution in [2.45, 2.75) is 51.4 Å². The summed E-state index contributed by atoms with van der Waals surface area (Å²) < 4.78 is 0. The first-order valence-corrected chi connectivity index (χ1v) is 12.1. The lowest BCUT2D eigenvalue weighted by atomic mass is 9.87. The van der Waals surface area contributed by atoms with Crippen molar-refractivity contribution in [1.29, 1.82) is 0 Å². The van der Waals surface area contributed by atoms with E-state index in [9.17, 15) is 9.59 Å². The Hall–Kier alpha value is -1.66. The van der Waals surface area contributed by atoms with Gasteiger partial charge in [-0.25, -0.2) is 0 Å². The van der Waals surface area contributed by atoms with Crippen molar-refractivity contribution in [3.63, 3.8) is 0 Å². The minimum atomic E-state index is 0.0339. The second-order valence-corrected chi connectivity index (χ2v) is 9.99. The third-order valence-electron chi connectivity index (χ3n) is 5.81. The highest BCUT2D eigenvalue weighted by Gasteiger charge is 2.28. The zero-order chi connectivity index (χ0) is 19.3. The molecule has 0 aromatic carbocycles. The monoisotopic (exact) mass is 416 g/mol. The highest BCUT2D eigenvalue weighted by atomic mass is 32.1. The standard InChI is InChI=1S/C22H28N2O2S2/c25-21(23-10-9-18-6-5-13-27-18)16-7-8-19-17(14-16)15-20(28-19)22(26)24-11-3-1-2-4-12-24/h5-6,13,15-16H,1-4,7-12,14H2,(H,23,25)/t16-/m1/s1. The number of hydrogen-bond acceptors (Lipinski definition) is 4. The van der Waals surface area contributed by atoms with Crippen LogP contribution < -0.4 is 5.32 Å². The van der Waals surface area contributed by atoms with Crippen LogP contribution in [-0.4, -0.2) is 36.3 Å². The summed E-state index contributed by atoms with van der Waals surface area (Å²) in [5, 5.41) is 5.18. The molecule has 1 aliphatic carbocycles. The van der Waals surface area contributed by atoms with Gasteiger partial charge in [0.1, 0.15) is 0 Å². The third kappa shape index (κ3) is 4.66. The Morgan fingerprint density at radius 1 is 1.18 bits per heavy atom. The maximum atomic E-state index is 12.9. The first-order valence-electron chi connectivity index (χ1n) is 10.4. The summed E-state index contributed by atoms with van der Waals surface area (Å²) in [5.74, 6) is 0.388. The minimum absolute atomic E-state index is 0.0339. The lowest BCUT2D eigenvalue weighted by Crippen LogP contribution is -2.34. The molecule has 0 radical (unpaired) electrons. The van der Waals surface area contributed by atoms with Crippen LogP contribution in [0.3, 0.4) is 0 Å². The lowest BCUT2D eigenvalue weighted by Gasteiger charge is -2.21. The maximum Gasteiger partial charge on any atom is 0.263 e. The molecule has 0 spiro atoms. The van der Waals surface area contributed by atoms with Crippen molar-refractivity contribution in [1.82, 2.24) is 10.2 Å². The molecule has 2 amide bonds. The molecule has 4 rings (SSSR count). The zero-order valence-electron chi connectivity index (χ0n) is 16.2. The van der Waals surface area contributed by atoms with Crippen molar-refractivity contribution < 1.29 is 9.59 Å². The molecule has 0 unspecified atom stereocenters. The molecular weight excluding hydrogens is 388 g/mol. The third-order valence-corrected chi connectivity index (χ3v) is 7.97. The van der Waals surface area contributed by atoms with Gasteiger partial charge in [0.15, 0.2) is 0 Å². The van der Waals surface area contributed by atoms with Gasteiger partial charge in [-0.05, 0) is 61.6 Å². The Bertz CT molecular complexity index is 805. The van der Waals surface area contributed by atoms with Gasteiger partial charge in [-0.3, -0.25) is 9.59 Å². The normalized spacial score (nSPS) is 19.7. The number of carbonyl (C=O) groups excluding carboxylic acids is 2. The van der Waals surface area contributed by atoms with E-state index in [4.69, 9.17) is 0 Å². The number of nitrogens with zero attached hydrogens (tertiary/aromatic N) is 1. The first-order chi connectivity index (χ1) is 13.7. The van der Waals surface area contributed by atoms with Crippen LogP contribution in [-0.2, 0) is 24.1 Å². The van der Waals surface area contributed by atoms with Gasteiger partial charge in [-0.2, -0.15) is 0 Å². The van der Waals surface area contributed by atoms with E-state index >= 15 is 0 Å². The molecule has 1 saturated heterocycles. The average molecular weight is 417 g/mol. The van der Waals surface area contributed by atoms with Crippen LogP contribution in [0.25, 0.3) is 0 Å². The Balaban J connectivity index is 1.33. The largest absolute Gasteiger partial charge is 0.355 e. The number of thiophene rings is 2. The quantitative estimate of drug-likeness (QED) is 0.790. The molecule has 2 aliphatic rings. The average Bonchev–Trinajstić information content (AvgIpc) is 3.29. The number of nitrogens with one attached hydrogen (secondary N) is 1. The molecule has 0 saturated carbocycles. The Kier molecular flexibility index (Phi) is 6.47. The summed E-state index contributed by atoms with van der Waals surface area (Å²) in [6.45, 7) is 2.47. The highest BCUT2D eigenvalue weighted by molar-refractivity contribution is 7.14. The molecule has 6 heteroatoms. The summed E-state index contributed by atoms with van der Waals surface area (Å²) in [6, 6.07) is 6.22. The Morgan fingerprint density at radius 2 is 2.00 bits per heavy atom. The fourth-order valence-electron chi connectivity index (χ4n) is 4.19. The van der Waals surface area contributed by atoms with Gasteiger partial charge < -0.3 is 10.2 Å². The molecular formula is C22H28N2O2S2. The number of rotatable bonds is 5. The molecule has 4 nitrogen and oxygen atoms in total. The summed E-state index contributed by atoms with van der Waals surface area (Å²) in [5.41, 5.74) is 1.22. The molecule has 28 heavy (non-hydrogen) atoms. The number of fused-ring (bicyclic) bond motifs is 1. The van der Waals surface area contributed by atoms with Gasteiger partial charge >= 0.3 is 0 Å². The van der Waals surface area contributed by atoms with E-state index in [-0.39, 0.29) is 17.7 Å². The van der Waals surface area contributed by atoms with Crippen molar-refractivity contribution >= 4 is 34.5 Å². The fourth-order valence-corrected chi connectivity index (χ4v) is 6.08. The van der Waals surface area contributed by atoms with E-state index in [1.807, 2.05) is 11.0 Å². The van der Waals surface area contributed by atoms with Gasteiger partial charge in [0.2, 0.25) is 5.91 Å². The second-order valence-electron chi connectivity index (χ2n) is 7.83. The molecule has 150 valence electrons. The molecule has 1 N–H and O–H groups in total. The number of likely N-dealkylation sites (tertiary alicyclic amines) is 1. The van der Waals surface area contributed by atoms with Crippen molar-refractivity contribution in [3.8, 4) is 0 Å². The molecule has 2 aromatic rings. The van der Waals surface area contributed by atoms with Gasteiger partial charge in [0, 0.05) is 35.3 Å². The van der Waals surface area contributed by atoms with E-state index in [0.29, 0.717) is 6.54 Å². The zero-order valence-corrected chi connectivity index (χ0v) is 17.9. The minimum Gasteiger partial charge on any atom is -0.355 e. The number of amides is 2. The van der Waals surface area contributed by atoms with Gasteiger partial charge in [0.25, 0.3) is 5.91 Å². The predicted molar refractivity (Wildman–Crippen MR) is 115 cm³/mol. The van der Waals surface area contributed by atoms with Crippen LogP contribution in [0.2, 0.25) is 0 Å². The lowest BCUT2D eigenvalue weighted by molar-refractivity contribution is -0.125. The van der Waals surface area contributed by atoms with Gasteiger partial charge in [-0.15, -0.1) is 22.7 Å². The number of carbonyl (C=O) groups is 2. The number of aryl methyl sites for hydroxylation is 1. The second kappa shape index (κ2) is 9.23. The van der Waals surface area contributed by atoms with Crippen LogP contribution in [0.4, 0.5) is 0 Å². The first kappa shape index (κ1) is 19.6. The SMILES string of the molecule is O=C(NCCc1cccs1)[C@@H]1CCc2sc(C(=O)N3CCCCCC3)cc2C1. The van der Waals surface area contributed by atoms with Crippen molar-refractivity contribution in [2.75, 3.05) is 19.6 Å². The summed E-state index contributed by atoms with van der Waals surface area (Å²) in [7, 11) is 0. The molecule has 2 aromatic heterocycles. The van der Waals surface area contributed by atoms with Gasteiger partial charge in [-0.1, -0.05) is 18.9 Å². The molecule has 1 aliphatic heterocycles. The van der Waals surface area contributed by atoms with Crippen LogP contribution in [0, 0.1) is 5.92 Å². The van der Waals surface area contributed by atoms with E-state index < -0.39 is 0 Å². The predicted octanol–water partition coefficient (Wildman–Crippen LogP) is 4.29. The Morgan fingerprint density at radius 3 is 2.75 bits per heavy atom. The summed E-state index contributed by atoms with van der Waals surface area (Å²) >= 11 is 3.39. The maximum absolute atomic E-state index is 12.9. The molecule has 1 atom stereocenters. The van der Waals surface area contributed by atoms with E-state index in [0.717, 1.165) is 56.5 Å². The van der Waals surface area contributed by atoms with Crippen LogP contribution in [0.5, 0.6) is 0 Å². The smallest absolute Gasteiger partial charge is 0.263 e. The van der Waals surface area contributed by atoms with Crippen LogP contribution in [0.15, 0.2) is 23.6 Å². The van der Waals surface area contributed by atoms with Crippen molar-refractivity contribution in [2.24, 2.45) is 5.92 Å². The van der Waals surface area contributed by atoms with E-state index in [1.54, 1.807) is 22.7 Å². The topological polar surface area (TPSA) is 49.4 Å². The van der Waals surface area contributed by atoms with Crippen molar-refractivity contribution in [3.05, 3.63) is 43.8 Å². The molecule has 1 fully saturated rings. The van der Waals surface area contributed by atoms with E-state index in [1.165, 1.54) is 28.2 Å². The fraction of sp³-hybridized carbons (Fsp3) is 0.545. The molecule has 3 heterocycles. The number of hydrogen-bond donors (Lipinski definition) is 1. The Labute approximate surface area is 174 Å². The molecule has 0 bridgehead atoms. The highest BCUT2D eigenvalue weighted by Crippen LogP contribution is 2.33. The van der Waals surface area contributed by atoms with Gasteiger partial charge in [0.05, 0.1) is 4.88 Å². The van der Waals surface area contributed by atoms with E-state index in [2.05, 4.69) is 22.8 Å². The van der Waals surface area contributed by atoms with Crippen LogP contribution in [0.1, 0.15) is 57.1 Å². The summed E-state index contributed by atoms with van der Waals surface area (Å²) in [6.07, 6.45) is 8.15.